The van der Waals surface area contributed by atoms with Crippen LogP contribution in [-0.4, -0.2) is 14.5 Å². The van der Waals surface area contributed by atoms with Crippen LogP contribution in [0.5, 0.6) is 0 Å². The van der Waals surface area contributed by atoms with Crippen molar-refractivity contribution in [3.63, 3.8) is 0 Å². The quantitative estimate of drug-likeness (QED) is 0.708. The van der Waals surface area contributed by atoms with Gasteiger partial charge in [-0.3, -0.25) is 0 Å². The van der Waals surface area contributed by atoms with Gasteiger partial charge >= 0.3 is 0 Å². The second kappa shape index (κ2) is 2.73. The van der Waals surface area contributed by atoms with Gasteiger partial charge in [0.05, 0.1) is 5.69 Å². The number of fused-ring (bicyclic) bond motifs is 1. The Hall–Kier alpha value is -1.58. The summed E-state index contributed by atoms with van der Waals surface area (Å²) >= 11 is 0. The number of aryl methyl sites for hydroxylation is 2. The summed E-state index contributed by atoms with van der Waals surface area (Å²) in [7, 11) is 1.96. The second-order valence-electron chi connectivity index (χ2n) is 3.01. The van der Waals surface area contributed by atoms with Crippen LogP contribution in [0.1, 0.15) is 12.7 Å². The molecule has 0 fully saturated rings. The lowest BCUT2D eigenvalue weighted by Crippen LogP contribution is -1.97. The van der Waals surface area contributed by atoms with Gasteiger partial charge in [0.2, 0.25) is 0 Å². The van der Waals surface area contributed by atoms with E-state index in [9.17, 15) is 0 Å². The van der Waals surface area contributed by atoms with Crippen LogP contribution in [0.3, 0.4) is 0 Å². The van der Waals surface area contributed by atoms with Crippen LogP contribution in [0, 0.1) is 0 Å². The fraction of sp³-hybridized carbons (Fsp3) is 0.333. The predicted molar refractivity (Wildman–Crippen MR) is 52.3 cm³/mol. The summed E-state index contributed by atoms with van der Waals surface area (Å²) in [4.78, 5) is 8.52. The van der Waals surface area contributed by atoms with Crippen molar-refractivity contribution in [2.75, 3.05) is 5.73 Å². The molecule has 0 saturated heterocycles. The topological polar surface area (TPSA) is 56.7 Å². The fourth-order valence-corrected chi connectivity index (χ4v) is 1.53. The van der Waals surface area contributed by atoms with Crippen LogP contribution >= 0.6 is 0 Å². The molecule has 0 spiro atoms. The molecule has 0 saturated carbocycles. The van der Waals surface area contributed by atoms with Crippen LogP contribution in [0.4, 0.5) is 5.69 Å². The van der Waals surface area contributed by atoms with Crippen molar-refractivity contribution in [1.82, 2.24) is 14.5 Å². The van der Waals surface area contributed by atoms with Gasteiger partial charge in [-0.15, -0.1) is 0 Å². The zero-order chi connectivity index (χ0) is 9.42. The molecule has 0 amide bonds. The Morgan fingerprint density at radius 1 is 1.54 bits per heavy atom. The molecule has 2 aromatic rings. The number of nitrogens with zero attached hydrogens (tertiary/aromatic N) is 3. The molecule has 2 rings (SSSR count). The molecule has 13 heavy (non-hydrogen) atoms. The van der Waals surface area contributed by atoms with Crippen LogP contribution in [0.25, 0.3) is 11.2 Å². The second-order valence-corrected chi connectivity index (χ2v) is 3.01. The van der Waals surface area contributed by atoms with Crippen molar-refractivity contribution >= 4 is 16.9 Å². The van der Waals surface area contributed by atoms with Gasteiger partial charge in [0, 0.05) is 19.7 Å². The molecule has 4 nitrogen and oxygen atoms in total. The minimum Gasteiger partial charge on any atom is -0.397 e. The van der Waals surface area contributed by atoms with Crippen LogP contribution in [0.15, 0.2) is 12.3 Å². The average Bonchev–Trinajstić information content (AvgIpc) is 2.44. The summed E-state index contributed by atoms with van der Waals surface area (Å²) in [6.45, 7) is 2.07. The number of pyridine rings is 1. The molecule has 0 atom stereocenters. The molecular formula is C9H12N4. The van der Waals surface area contributed by atoms with Crippen LogP contribution < -0.4 is 5.73 Å². The molecule has 0 radical (unpaired) electrons. The zero-order valence-electron chi connectivity index (χ0n) is 7.78. The van der Waals surface area contributed by atoms with Gasteiger partial charge in [-0.2, -0.15) is 0 Å². The van der Waals surface area contributed by atoms with Gasteiger partial charge in [0.1, 0.15) is 11.3 Å². The van der Waals surface area contributed by atoms with E-state index in [0.717, 1.165) is 29.1 Å². The van der Waals surface area contributed by atoms with Gasteiger partial charge in [-0.1, -0.05) is 6.92 Å². The SMILES string of the molecule is CCc1nc2nccc(N)c2n1C. The standard InChI is InChI=1S/C9H12N4/c1-3-7-12-9-8(13(7)2)6(10)4-5-11-9/h4-5H,3H2,1-2H3,(H2,10,11). The molecule has 2 N–H and O–H groups in total. The number of anilines is 1. The molecule has 0 bridgehead atoms. The maximum absolute atomic E-state index is 5.82. The van der Waals surface area contributed by atoms with Gasteiger partial charge < -0.3 is 10.3 Å². The van der Waals surface area contributed by atoms with E-state index in [4.69, 9.17) is 5.73 Å². The van der Waals surface area contributed by atoms with Crippen molar-refractivity contribution < 1.29 is 0 Å². The van der Waals surface area contributed by atoms with E-state index in [1.807, 2.05) is 11.6 Å². The molecule has 2 heterocycles. The van der Waals surface area contributed by atoms with Crippen molar-refractivity contribution in [2.45, 2.75) is 13.3 Å². The average molecular weight is 176 g/mol. The number of rotatable bonds is 1. The van der Waals surface area contributed by atoms with Gasteiger partial charge in [0.15, 0.2) is 5.65 Å². The Morgan fingerprint density at radius 2 is 2.31 bits per heavy atom. The molecule has 2 aromatic heterocycles. The first-order valence-electron chi connectivity index (χ1n) is 4.29. The maximum atomic E-state index is 5.82. The van der Waals surface area contributed by atoms with E-state index >= 15 is 0 Å². The minimum absolute atomic E-state index is 0.736. The van der Waals surface area contributed by atoms with E-state index in [-0.39, 0.29) is 0 Å². The molecular weight excluding hydrogens is 164 g/mol. The predicted octanol–water partition coefficient (Wildman–Crippen LogP) is 1.11. The third kappa shape index (κ3) is 1.06. The largest absolute Gasteiger partial charge is 0.397 e. The molecule has 0 unspecified atom stereocenters. The van der Waals surface area contributed by atoms with E-state index in [0.29, 0.717) is 0 Å². The summed E-state index contributed by atoms with van der Waals surface area (Å²) in [5.74, 6) is 1.01. The zero-order valence-corrected chi connectivity index (χ0v) is 7.78. The summed E-state index contributed by atoms with van der Waals surface area (Å²) in [6.07, 6.45) is 2.58. The third-order valence-corrected chi connectivity index (χ3v) is 2.21. The van der Waals surface area contributed by atoms with Gasteiger partial charge in [0.25, 0.3) is 0 Å². The normalized spacial score (nSPS) is 10.9. The Bertz CT molecular complexity index is 444. The van der Waals surface area contributed by atoms with Crippen molar-refractivity contribution in [1.29, 1.82) is 0 Å². The Labute approximate surface area is 76.4 Å². The third-order valence-electron chi connectivity index (χ3n) is 2.21. The maximum Gasteiger partial charge on any atom is 0.180 e. The van der Waals surface area contributed by atoms with E-state index < -0.39 is 0 Å². The lowest BCUT2D eigenvalue weighted by Gasteiger charge is -1.99. The number of imidazole rings is 1. The van der Waals surface area contributed by atoms with E-state index in [2.05, 4.69) is 16.9 Å². The summed E-state index contributed by atoms with van der Waals surface area (Å²) in [6, 6.07) is 1.80. The number of hydrogen-bond acceptors (Lipinski definition) is 3. The molecule has 68 valence electrons. The van der Waals surface area contributed by atoms with Crippen molar-refractivity contribution in [3.05, 3.63) is 18.1 Å². The molecule has 4 heteroatoms. The van der Waals surface area contributed by atoms with Crippen LogP contribution in [0.2, 0.25) is 0 Å². The molecule has 0 aliphatic rings. The number of hydrogen-bond donors (Lipinski definition) is 1. The minimum atomic E-state index is 0.736. The number of nitrogens with two attached hydrogens (primary N) is 1. The van der Waals surface area contributed by atoms with Crippen molar-refractivity contribution in [3.8, 4) is 0 Å². The highest BCUT2D eigenvalue weighted by Gasteiger charge is 2.08. The molecule has 0 aromatic carbocycles. The number of nitrogen functional groups attached to an aromatic ring is 1. The van der Waals surface area contributed by atoms with E-state index in [1.54, 1.807) is 12.3 Å². The van der Waals surface area contributed by atoms with Gasteiger partial charge in [-0.05, 0) is 6.07 Å². The van der Waals surface area contributed by atoms with E-state index in [1.165, 1.54) is 0 Å². The highest BCUT2D eigenvalue weighted by atomic mass is 15.1. The Balaban J connectivity index is 2.85. The highest BCUT2D eigenvalue weighted by Crippen LogP contribution is 2.18. The van der Waals surface area contributed by atoms with Gasteiger partial charge in [-0.25, -0.2) is 9.97 Å². The smallest absolute Gasteiger partial charge is 0.180 e. The molecule has 0 aliphatic heterocycles. The fourth-order valence-electron chi connectivity index (χ4n) is 1.53. The molecule has 0 aliphatic carbocycles. The Morgan fingerprint density at radius 3 is 2.92 bits per heavy atom. The summed E-state index contributed by atoms with van der Waals surface area (Å²) < 4.78 is 2.00. The van der Waals surface area contributed by atoms with Crippen LogP contribution in [-0.2, 0) is 13.5 Å². The lowest BCUT2D eigenvalue weighted by atomic mass is 10.4. The van der Waals surface area contributed by atoms with Crippen molar-refractivity contribution in [2.24, 2.45) is 7.05 Å². The Kier molecular flexibility index (Phi) is 1.69. The first-order chi connectivity index (χ1) is 6.24. The monoisotopic (exact) mass is 176 g/mol. The first-order valence-corrected chi connectivity index (χ1v) is 4.29. The summed E-state index contributed by atoms with van der Waals surface area (Å²) in [5.41, 5.74) is 8.23. The highest BCUT2D eigenvalue weighted by molar-refractivity contribution is 5.84. The summed E-state index contributed by atoms with van der Waals surface area (Å²) in [5, 5.41) is 0. The number of aromatic nitrogens is 3. The first kappa shape index (κ1) is 8.04. The lowest BCUT2D eigenvalue weighted by molar-refractivity contribution is 0.829.